The molecule has 1 aliphatic carbocycles. The van der Waals surface area contributed by atoms with Crippen LogP contribution >= 0.6 is 12.2 Å². The van der Waals surface area contributed by atoms with Gasteiger partial charge in [0.1, 0.15) is 16.5 Å². The summed E-state index contributed by atoms with van der Waals surface area (Å²) >= 11 is 4.88. The lowest BCUT2D eigenvalue weighted by atomic mass is 9.92. The third-order valence-electron chi connectivity index (χ3n) is 4.18. The predicted molar refractivity (Wildman–Crippen MR) is 80.1 cm³/mol. The summed E-state index contributed by atoms with van der Waals surface area (Å²) in [4.78, 5) is 3.69. The van der Waals surface area contributed by atoms with Crippen LogP contribution in [0.1, 0.15) is 37.9 Å². The van der Waals surface area contributed by atoms with Crippen molar-refractivity contribution in [2.45, 2.75) is 32.9 Å². The van der Waals surface area contributed by atoms with Crippen molar-refractivity contribution in [3.63, 3.8) is 0 Å². The molecular weight excluding hydrogens is 299 g/mol. The van der Waals surface area contributed by atoms with E-state index in [1.165, 1.54) is 6.07 Å². The molecule has 1 heterocycles. The minimum Gasteiger partial charge on any atom is -0.389 e. The number of hydrogen-bond donors (Lipinski definition) is 2. The van der Waals surface area contributed by atoms with Crippen LogP contribution in [0.4, 0.5) is 19.0 Å². The number of nitrogens with two attached hydrogens (primary N) is 1. The SMILES string of the molecule is CC(C)C1(CNc2nc(C(F)(F)F)ccc2C(N)=S)CC1. The number of rotatable bonds is 5. The van der Waals surface area contributed by atoms with Crippen LogP contribution in [0.2, 0.25) is 0 Å². The molecule has 1 aromatic heterocycles. The van der Waals surface area contributed by atoms with Crippen molar-refractivity contribution in [3.05, 3.63) is 23.4 Å². The Labute approximate surface area is 127 Å². The first kappa shape index (κ1) is 16.0. The Morgan fingerprint density at radius 1 is 1.43 bits per heavy atom. The molecule has 116 valence electrons. The van der Waals surface area contributed by atoms with Gasteiger partial charge in [-0.05, 0) is 36.3 Å². The Balaban J connectivity index is 2.25. The number of pyridine rings is 1. The van der Waals surface area contributed by atoms with Gasteiger partial charge < -0.3 is 11.1 Å². The Bertz CT molecular complexity index is 551. The molecule has 1 fully saturated rings. The summed E-state index contributed by atoms with van der Waals surface area (Å²) in [6.45, 7) is 4.81. The van der Waals surface area contributed by atoms with Crippen LogP contribution < -0.4 is 11.1 Å². The standard InChI is InChI=1S/C14H18F3N3S/c1-8(2)13(5-6-13)7-19-12-9(11(18)21)3-4-10(20-12)14(15,16)17/h3-4,8H,5-7H2,1-2H3,(H2,18,21)(H,19,20). The Hall–Kier alpha value is -1.37. The van der Waals surface area contributed by atoms with E-state index in [1.807, 2.05) is 0 Å². The van der Waals surface area contributed by atoms with Crippen LogP contribution in [-0.2, 0) is 6.18 Å². The second-order valence-electron chi connectivity index (χ2n) is 5.83. The van der Waals surface area contributed by atoms with Crippen molar-refractivity contribution in [1.82, 2.24) is 4.98 Å². The summed E-state index contributed by atoms with van der Waals surface area (Å²) in [5, 5.41) is 3.01. The number of aromatic nitrogens is 1. The maximum Gasteiger partial charge on any atom is 0.433 e. The van der Waals surface area contributed by atoms with Crippen LogP contribution in [0.25, 0.3) is 0 Å². The van der Waals surface area contributed by atoms with Crippen LogP contribution in [0.15, 0.2) is 12.1 Å². The number of anilines is 1. The van der Waals surface area contributed by atoms with Crippen LogP contribution in [0.3, 0.4) is 0 Å². The van der Waals surface area contributed by atoms with Gasteiger partial charge in [0.2, 0.25) is 0 Å². The van der Waals surface area contributed by atoms with Crippen LogP contribution in [0, 0.1) is 11.3 Å². The lowest BCUT2D eigenvalue weighted by molar-refractivity contribution is -0.141. The first-order valence-corrected chi connectivity index (χ1v) is 7.18. The van der Waals surface area contributed by atoms with E-state index in [9.17, 15) is 13.2 Å². The van der Waals surface area contributed by atoms with E-state index < -0.39 is 11.9 Å². The molecule has 7 heteroatoms. The molecule has 0 unspecified atom stereocenters. The zero-order valence-electron chi connectivity index (χ0n) is 11.9. The number of nitrogens with zero attached hydrogens (tertiary/aromatic N) is 1. The minimum absolute atomic E-state index is 0.0353. The van der Waals surface area contributed by atoms with Crippen LogP contribution in [-0.4, -0.2) is 16.5 Å². The second-order valence-corrected chi connectivity index (χ2v) is 6.27. The van der Waals surface area contributed by atoms with E-state index >= 15 is 0 Å². The van der Waals surface area contributed by atoms with E-state index in [0.29, 0.717) is 18.0 Å². The summed E-state index contributed by atoms with van der Waals surface area (Å²) < 4.78 is 38.3. The molecule has 0 atom stereocenters. The van der Waals surface area contributed by atoms with Gasteiger partial charge >= 0.3 is 6.18 Å². The van der Waals surface area contributed by atoms with Gasteiger partial charge in [0.05, 0.1) is 5.56 Å². The Morgan fingerprint density at radius 2 is 2.05 bits per heavy atom. The van der Waals surface area contributed by atoms with Gasteiger partial charge in [0.15, 0.2) is 0 Å². The van der Waals surface area contributed by atoms with Gasteiger partial charge in [-0.25, -0.2) is 4.98 Å². The molecule has 21 heavy (non-hydrogen) atoms. The number of hydrogen-bond acceptors (Lipinski definition) is 3. The third-order valence-corrected chi connectivity index (χ3v) is 4.40. The average Bonchev–Trinajstić information content (AvgIpc) is 3.16. The van der Waals surface area contributed by atoms with E-state index in [-0.39, 0.29) is 16.2 Å². The number of halogens is 3. The van der Waals surface area contributed by atoms with Gasteiger partial charge in [-0.2, -0.15) is 13.2 Å². The first-order valence-electron chi connectivity index (χ1n) is 6.78. The molecule has 1 aliphatic rings. The third kappa shape index (κ3) is 3.45. The Kier molecular flexibility index (Phi) is 4.15. The lowest BCUT2D eigenvalue weighted by Gasteiger charge is -2.21. The second kappa shape index (κ2) is 5.44. The molecule has 3 nitrogen and oxygen atoms in total. The maximum absolute atomic E-state index is 12.8. The summed E-state index contributed by atoms with van der Waals surface area (Å²) in [5.74, 6) is 0.577. The van der Waals surface area contributed by atoms with Crippen molar-refractivity contribution in [2.75, 3.05) is 11.9 Å². The largest absolute Gasteiger partial charge is 0.433 e. The highest BCUT2D eigenvalue weighted by atomic mass is 32.1. The quantitative estimate of drug-likeness (QED) is 0.815. The molecule has 0 aromatic carbocycles. The monoisotopic (exact) mass is 317 g/mol. The van der Waals surface area contributed by atoms with Crippen molar-refractivity contribution >= 4 is 23.0 Å². The summed E-state index contributed by atoms with van der Waals surface area (Å²) in [6.07, 6.45) is -2.35. The highest BCUT2D eigenvalue weighted by molar-refractivity contribution is 7.80. The molecule has 1 saturated carbocycles. The smallest absolute Gasteiger partial charge is 0.389 e. The molecule has 2 rings (SSSR count). The highest BCUT2D eigenvalue weighted by Crippen LogP contribution is 2.51. The van der Waals surface area contributed by atoms with Crippen molar-refractivity contribution in [1.29, 1.82) is 0 Å². The molecular formula is C14H18F3N3S. The van der Waals surface area contributed by atoms with Gasteiger partial charge in [0.25, 0.3) is 0 Å². The fourth-order valence-electron chi connectivity index (χ4n) is 2.33. The maximum atomic E-state index is 12.8. The number of nitrogens with one attached hydrogen (secondary N) is 1. The predicted octanol–water partition coefficient (Wildman–Crippen LogP) is 3.58. The lowest BCUT2D eigenvalue weighted by Crippen LogP contribution is -2.24. The summed E-state index contributed by atoms with van der Waals surface area (Å²) in [7, 11) is 0. The van der Waals surface area contributed by atoms with Gasteiger partial charge in [0, 0.05) is 6.54 Å². The van der Waals surface area contributed by atoms with Crippen molar-refractivity contribution in [3.8, 4) is 0 Å². The molecule has 3 N–H and O–H groups in total. The molecule has 0 saturated heterocycles. The highest BCUT2D eigenvalue weighted by Gasteiger charge is 2.45. The minimum atomic E-state index is -4.49. The van der Waals surface area contributed by atoms with Gasteiger partial charge in [-0.15, -0.1) is 0 Å². The van der Waals surface area contributed by atoms with Crippen molar-refractivity contribution in [2.24, 2.45) is 17.1 Å². The molecule has 1 aromatic rings. The topological polar surface area (TPSA) is 50.9 Å². The summed E-state index contributed by atoms with van der Waals surface area (Å²) in [5.41, 5.74) is 5.10. The van der Waals surface area contributed by atoms with Crippen molar-refractivity contribution < 1.29 is 13.2 Å². The van der Waals surface area contributed by atoms with E-state index in [4.69, 9.17) is 18.0 Å². The summed E-state index contributed by atoms with van der Waals surface area (Å²) in [6, 6.07) is 2.17. The van der Waals surface area contributed by atoms with E-state index in [0.717, 1.165) is 18.9 Å². The normalized spacial score (nSPS) is 16.9. The number of thiocarbonyl (C=S) groups is 1. The fourth-order valence-corrected chi connectivity index (χ4v) is 2.49. The molecule has 0 spiro atoms. The van der Waals surface area contributed by atoms with Gasteiger partial charge in [-0.3, -0.25) is 0 Å². The van der Waals surface area contributed by atoms with E-state index in [2.05, 4.69) is 24.1 Å². The fraction of sp³-hybridized carbons (Fsp3) is 0.571. The zero-order valence-corrected chi connectivity index (χ0v) is 12.7. The first-order chi connectivity index (χ1) is 9.66. The molecule has 0 aliphatic heterocycles. The zero-order chi connectivity index (χ0) is 15.8. The molecule has 0 bridgehead atoms. The molecule has 0 radical (unpaired) electrons. The Morgan fingerprint density at radius 3 is 2.48 bits per heavy atom. The van der Waals surface area contributed by atoms with Gasteiger partial charge in [-0.1, -0.05) is 26.1 Å². The van der Waals surface area contributed by atoms with E-state index in [1.54, 1.807) is 0 Å². The number of alkyl halides is 3. The average molecular weight is 317 g/mol. The van der Waals surface area contributed by atoms with Crippen LogP contribution in [0.5, 0.6) is 0 Å². The molecule has 0 amide bonds.